The third kappa shape index (κ3) is 23.7. The van der Waals surface area contributed by atoms with Crippen LogP contribution in [0.4, 0.5) is 25.8 Å². The van der Waals surface area contributed by atoms with Gasteiger partial charge in [-0.25, -0.2) is 14.4 Å². The number of likely N-dealkylation sites (N-methyl/N-ethyl adjacent to an activating group) is 2. The average Bonchev–Trinajstić information content (AvgIpc) is 1.57. The van der Waals surface area contributed by atoms with Crippen molar-refractivity contribution in [1.29, 1.82) is 0 Å². The van der Waals surface area contributed by atoms with Gasteiger partial charge in [-0.15, -0.1) is 34.5 Å². The Balaban J connectivity index is 0.687. The molecule has 5 aromatic carbocycles. The average molecular weight is 1610 g/mol. The molecule has 6 aromatic rings. The van der Waals surface area contributed by atoms with Crippen molar-refractivity contribution >= 4 is 133 Å². The van der Waals surface area contributed by atoms with Gasteiger partial charge in [0.1, 0.15) is 30.2 Å². The number of halogens is 2. The maximum absolute atomic E-state index is 14.5. The number of nitrogens with two attached hydrogens (primary N) is 1. The van der Waals surface area contributed by atoms with Gasteiger partial charge in [-0.1, -0.05) is 81.4 Å². The Kier molecular flexibility index (Phi) is 32.6. The number of hydrogen-bond acceptors (Lipinski definition) is 21. The summed E-state index contributed by atoms with van der Waals surface area (Å²) in [6.07, 6.45) is 1.96. The topological polar surface area (TPSA) is 358 Å². The molecule has 0 fully saturated rings. The van der Waals surface area contributed by atoms with E-state index < -0.39 is 59.4 Å². The highest BCUT2D eigenvalue weighted by atomic mass is 35.5. The zero-order valence-electron chi connectivity index (χ0n) is 63.7. The molecule has 0 saturated heterocycles. The van der Waals surface area contributed by atoms with Crippen molar-refractivity contribution in [3.8, 4) is 11.5 Å². The summed E-state index contributed by atoms with van der Waals surface area (Å²) in [6.45, 7) is 10.9. The number of fused-ring (bicyclic) bond motifs is 6. The number of urea groups is 1. The number of ether oxygens (including phenoxy) is 9. The Morgan fingerprint density at radius 2 is 1.19 bits per heavy atom. The number of Topliss-reactive ketones (excluding diaryl/α,β-unsaturated/α-hetero) is 1. The predicted molar refractivity (Wildman–Crippen MR) is 420 cm³/mol. The smallest absolute Gasteiger partial charge is 0.415 e. The molecule has 3 heterocycles. The Labute approximate surface area is 663 Å². The van der Waals surface area contributed by atoms with Crippen LogP contribution in [0.15, 0.2) is 109 Å². The highest BCUT2D eigenvalue weighted by molar-refractivity contribution is 7.16. The maximum Gasteiger partial charge on any atom is 0.415 e. The number of nitrogens with zero attached hydrogens (tertiary/aromatic N) is 4. The minimum absolute atomic E-state index is 0.0526. The van der Waals surface area contributed by atoms with E-state index >= 15 is 0 Å². The summed E-state index contributed by atoms with van der Waals surface area (Å²) in [6, 6.07) is 25.5. The van der Waals surface area contributed by atoms with E-state index in [-0.39, 0.29) is 144 Å². The zero-order valence-corrected chi connectivity index (χ0v) is 66.0. The predicted octanol–water partition coefficient (Wildman–Crippen LogP) is 9.35. The highest BCUT2D eigenvalue weighted by Crippen LogP contribution is 2.54. The molecule has 1 aliphatic carbocycles. The number of rotatable bonds is 44. The van der Waals surface area contributed by atoms with Gasteiger partial charge >= 0.3 is 24.2 Å². The molecule has 3 aliphatic rings. The first-order valence-corrected chi connectivity index (χ1v) is 39.0. The molecule has 29 nitrogen and oxygen atoms in total. The van der Waals surface area contributed by atoms with Crippen LogP contribution in [0.25, 0.3) is 21.5 Å². The number of primary amides is 1. The Hall–Kier alpha value is -9.63. The van der Waals surface area contributed by atoms with Crippen molar-refractivity contribution in [1.82, 2.24) is 30.7 Å². The number of amides is 10. The van der Waals surface area contributed by atoms with Crippen molar-refractivity contribution in [2.24, 2.45) is 11.7 Å². The van der Waals surface area contributed by atoms with E-state index in [2.05, 4.69) is 21.3 Å². The van der Waals surface area contributed by atoms with Gasteiger partial charge in [0, 0.05) is 118 Å². The van der Waals surface area contributed by atoms with Crippen LogP contribution in [-0.4, -0.2) is 230 Å². The molecule has 10 amide bonds. The van der Waals surface area contributed by atoms with Gasteiger partial charge in [0.15, 0.2) is 5.78 Å². The number of hydrogen-bond donors (Lipinski definition) is 5. The van der Waals surface area contributed by atoms with Crippen LogP contribution in [0.5, 0.6) is 11.5 Å². The number of anilines is 2. The van der Waals surface area contributed by atoms with Crippen LogP contribution in [-0.2, 0) is 73.9 Å². The summed E-state index contributed by atoms with van der Waals surface area (Å²) in [5.74, 6) is -2.93. The third-order valence-electron chi connectivity index (χ3n) is 19.2. The Morgan fingerprint density at radius 3 is 1.76 bits per heavy atom. The van der Waals surface area contributed by atoms with Gasteiger partial charge in [-0.2, -0.15) is 0 Å². The van der Waals surface area contributed by atoms with Crippen LogP contribution >= 0.6 is 34.5 Å². The van der Waals surface area contributed by atoms with Gasteiger partial charge in [0.2, 0.25) is 17.7 Å². The molecule has 112 heavy (non-hydrogen) atoms. The zero-order chi connectivity index (χ0) is 80.4. The number of benzene rings is 5. The summed E-state index contributed by atoms with van der Waals surface area (Å²) >= 11 is 14.4. The van der Waals surface area contributed by atoms with Gasteiger partial charge < -0.3 is 84.3 Å². The van der Waals surface area contributed by atoms with Gasteiger partial charge in [-0.05, 0) is 94.5 Å². The number of thiophene rings is 1. The molecule has 2 aliphatic heterocycles. The van der Waals surface area contributed by atoms with Crippen molar-refractivity contribution in [2.75, 3.05) is 148 Å². The first-order valence-electron chi connectivity index (χ1n) is 37.1. The number of alkyl halides is 2. The van der Waals surface area contributed by atoms with Gasteiger partial charge in [-0.3, -0.25) is 43.3 Å². The van der Waals surface area contributed by atoms with Crippen LogP contribution in [0.3, 0.4) is 0 Å². The van der Waals surface area contributed by atoms with E-state index in [9.17, 15) is 52.7 Å². The molecule has 9 rings (SSSR count). The Bertz CT molecular complexity index is 4350. The number of carbonyl (C=O) groups excluding carboxylic acids is 11. The minimum atomic E-state index is -1.11. The number of esters is 1. The molecular formula is C80H97Cl2N9O20S. The monoisotopic (exact) mass is 1610 g/mol. The van der Waals surface area contributed by atoms with Crippen LogP contribution in [0.1, 0.15) is 113 Å². The van der Waals surface area contributed by atoms with Gasteiger partial charge in [0.05, 0.1) is 101 Å². The summed E-state index contributed by atoms with van der Waals surface area (Å²) in [5, 5.41) is 13.8. The molecule has 5 atom stereocenters. The number of imide groups is 1. The fraction of sp³-hybridized carbons (Fsp3) is 0.463. The minimum Gasteiger partial charge on any atom is -0.445 e. The largest absolute Gasteiger partial charge is 0.445 e. The second-order valence-electron chi connectivity index (χ2n) is 27.8. The van der Waals surface area contributed by atoms with Crippen molar-refractivity contribution in [3.05, 3.63) is 141 Å². The van der Waals surface area contributed by atoms with Crippen molar-refractivity contribution in [3.63, 3.8) is 0 Å². The molecule has 5 unspecified atom stereocenters. The van der Waals surface area contributed by atoms with Crippen LogP contribution in [0.2, 0.25) is 0 Å². The lowest BCUT2D eigenvalue weighted by Crippen LogP contribution is -2.54. The lowest BCUT2D eigenvalue weighted by molar-refractivity contribution is -0.138. The SMILES string of the molecule is CC(=O)Oc1cc2c(c3ccccc13)C(CCl)CN2C(=O)c1ccc(C(=O)CC2(C)CC(CCl)c3c2cc(OC(=O)N(C)CCN(C)C(=O)OCc2ccc(NC(=O)C(CCCNC(N)=O)NC(=O)C(NC(=O)CCOCCOCCOCCOCCOCCOCCN4C(=O)C=CC4=O)C(C)C)cc2)c2ccccc32)s1. The molecule has 6 N–H and O–H groups in total. The molecule has 0 spiro atoms. The first-order chi connectivity index (χ1) is 53.9. The summed E-state index contributed by atoms with van der Waals surface area (Å²) in [4.78, 5) is 150. The quantitative estimate of drug-likeness (QED) is 0.00593. The second kappa shape index (κ2) is 42.3. The van der Waals surface area contributed by atoms with E-state index in [4.69, 9.17) is 71.6 Å². The lowest BCUT2D eigenvalue weighted by atomic mass is 9.78. The molecule has 32 heteroatoms. The van der Waals surface area contributed by atoms with E-state index in [1.54, 1.807) is 68.3 Å². The normalized spacial score (nSPS) is 16.1. The number of carbonyl (C=O) groups is 11. The molecule has 1 aromatic heterocycles. The van der Waals surface area contributed by atoms with Crippen molar-refractivity contribution < 1.29 is 95.4 Å². The molecule has 0 radical (unpaired) electrons. The van der Waals surface area contributed by atoms with E-state index in [1.165, 1.54) is 35.9 Å². The second-order valence-corrected chi connectivity index (χ2v) is 29.5. The fourth-order valence-electron chi connectivity index (χ4n) is 13.4. The number of nitrogens with one attached hydrogen (secondary N) is 4. The molecule has 0 bridgehead atoms. The molecule has 0 saturated carbocycles. The molecule has 602 valence electrons. The van der Waals surface area contributed by atoms with Crippen molar-refractivity contribution in [2.45, 2.75) is 95.7 Å². The Morgan fingerprint density at radius 1 is 0.643 bits per heavy atom. The highest BCUT2D eigenvalue weighted by Gasteiger charge is 2.44. The van der Waals surface area contributed by atoms with Crippen LogP contribution < -0.4 is 41.4 Å². The number of ketones is 1. The van der Waals surface area contributed by atoms with E-state index in [0.29, 0.717) is 104 Å². The van der Waals surface area contributed by atoms with E-state index in [1.807, 2.05) is 61.5 Å². The third-order valence-corrected chi connectivity index (χ3v) is 21.0. The summed E-state index contributed by atoms with van der Waals surface area (Å²) in [7, 11) is 3.07. The molecular weight excluding hydrogens is 1510 g/mol. The van der Waals surface area contributed by atoms with Crippen LogP contribution in [0, 0.1) is 5.92 Å². The lowest BCUT2D eigenvalue weighted by Gasteiger charge is -2.26. The van der Waals surface area contributed by atoms with Gasteiger partial charge in [0.25, 0.3) is 17.7 Å². The fourth-order valence-corrected chi connectivity index (χ4v) is 14.8. The first kappa shape index (κ1) is 86.4. The summed E-state index contributed by atoms with van der Waals surface area (Å²) in [5.41, 5.74) is 8.67. The van der Waals surface area contributed by atoms with E-state index in [0.717, 1.165) is 49.1 Å². The maximum atomic E-state index is 14.5. The standard InChI is InChI=1S/C80H97Cl2N9O20S/c1-50(2)73(87-68(94)25-30-103-32-34-105-36-38-107-40-41-108-39-37-106-35-33-104-31-29-90-69(95)23-24-70(90)96)75(98)86-61(16-11-26-84-77(83)100)74(97)85-55-19-17-52(18-20-55)49-109-78(101)88(5)27-28-89(6)79(102)111-64-42-60-71(58-14-9-7-12-56(58)64)53(46-81)44-80(60,4)45-63(93)66-21-22-67(112-66)76(99)91-48-54(47-82)72-59-15-10-8-13-57(59)65(43-62(72)91)110-51(3)92/h7-10,12-15,17-24,42-43,50,53-54,61,73H,11,16,25-41,44-49H2,1-6H3,(H,85,97)(H,86,98)(H,87,94)(H3,83,84,100). The summed E-state index contributed by atoms with van der Waals surface area (Å²) < 4.78 is 50.4.